The molecule has 2 N–H and O–H groups in total. The molecule has 0 aromatic carbocycles. The van der Waals surface area contributed by atoms with E-state index >= 15 is 0 Å². The van der Waals surface area contributed by atoms with Crippen LogP contribution in [0.3, 0.4) is 0 Å². The zero-order chi connectivity index (χ0) is 13.3. The standard InChI is InChI=1S/C14H22BrN3/c1-14(2,3)10-6-4-9(5-7-10)13-17-8-11(15)12(16)18-13/h8-10H,4-7H2,1-3H3,(H2,16,17,18). The number of nitrogens with zero attached hydrogens (tertiary/aromatic N) is 2. The van der Waals surface area contributed by atoms with Crippen LogP contribution >= 0.6 is 15.9 Å². The van der Waals surface area contributed by atoms with Crippen molar-refractivity contribution in [3.05, 3.63) is 16.5 Å². The van der Waals surface area contributed by atoms with E-state index in [-0.39, 0.29) is 0 Å². The van der Waals surface area contributed by atoms with Gasteiger partial charge >= 0.3 is 0 Å². The highest BCUT2D eigenvalue weighted by atomic mass is 79.9. The fraction of sp³-hybridized carbons (Fsp3) is 0.714. The molecule has 0 saturated heterocycles. The van der Waals surface area contributed by atoms with E-state index in [4.69, 9.17) is 5.73 Å². The lowest BCUT2D eigenvalue weighted by atomic mass is 9.70. The van der Waals surface area contributed by atoms with Crippen LogP contribution in [0.5, 0.6) is 0 Å². The minimum Gasteiger partial charge on any atom is -0.383 e. The predicted octanol–water partition coefficient (Wildman–Crippen LogP) is 4.14. The Bertz CT molecular complexity index is 418. The van der Waals surface area contributed by atoms with Crippen molar-refractivity contribution in [2.24, 2.45) is 11.3 Å². The normalized spacial score (nSPS) is 25.1. The molecule has 1 saturated carbocycles. The molecule has 0 atom stereocenters. The van der Waals surface area contributed by atoms with Gasteiger partial charge in [-0.25, -0.2) is 9.97 Å². The molecule has 0 aliphatic heterocycles. The van der Waals surface area contributed by atoms with Crippen molar-refractivity contribution in [1.82, 2.24) is 9.97 Å². The maximum atomic E-state index is 5.83. The van der Waals surface area contributed by atoms with Gasteiger partial charge in [0.25, 0.3) is 0 Å². The number of rotatable bonds is 1. The summed E-state index contributed by atoms with van der Waals surface area (Å²) in [5.41, 5.74) is 6.25. The average molecular weight is 312 g/mol. The van der Waals surface area contributed by atoms with Gasteiger partial charge in [0.1, 0.15) is 11.6 Å². The van der Waals surface area contributed by atoms with Gasteiger partial charge in [0.2, 0.25) is 0 Å². The van der Waals surface area contributed by atoms with Crippen molar-refractivity contribution < 1.29 is 0 Å². The Kier molecular flexibility index (Phi) is 3.95. The molecular formula is C14H22BrN3. The summed E-state index contributed by atoms with van der Waals surface area (Å²) in [6.45, 7) is 7.02. The third-order valence-corrected chi connectivity index (χ3v) is 4.72. The number of halogens is 1. The zero-order valence-electron chi connectivity index (χ0n) is 11.4. The lowest BCUT2D eigenvalue weighted by Gasteiger charge is -2.36. The van der Waals surface area contributed by atoms with Gasteiger partial charge in [0.05, 0.1) is 4.47 Å². The molecule has 0 unspecified atom stereocenters. The quantitative estimate of drug-likeness (QED) is 0.848. The van der Waals surface area contributed by atoms with Gasteiger partial charge in [-0.15, -0.1) is 0 Å². The van der Waals surface area contributed by atoms with Crippen molar-refractivity contribution in [1.29, 1.82) is 0 Å². The first-order valence-corrected chi connectivity index (χ1v) is 7.45. The Morgan fingerprint density at radius 2 is 1.83 bits per heavy atom. The Balaban J connectivity index is 2.03. The highest BCUT2D eigenvalue weighted by molar-refractivity contribution is 9.10. The van der Waals surface area contributed by atoms with Gasteiger partial charge in [-0.1, -0.05) is 20.8 Å². The molecule has 1 aliphatic rings. The van der Waals surface area contributed by atoms with Crippen LogP contribution in [0.1, 0.15) is 58.2 Å². The lowest BCUT2D eigenvalue weighted by Crippen LogP contribution is -2.25. The second kappa shape index (κ2) is 5.16. The maximum absolute atomic E-state index is 5.83. The number of nitrogen functional groups attached to an aromatic ring is 1. The van der Waals surface area contributed by atoms with E-state index in [1.807, 2.05) is 0 Å². The molecule has 18 heavy (non-hydrogen) atoms. The number of aromatic nitrogens is 2. The summed E-state index contributed by atoms with van der Waals surface area (Å²) in [7, 11) is 0. The largest absolute Gasteiger partial charge is 0.383 e. The molecule has 0 amide bonds. The fourth-order valence-electron chi connectivity index (χ4n) is 2.81. The van der Waals surface area contributed by atoms with E-state index in [9.17, 15) is 0 Å². The van der Waals surface area contributed by atoms with E-state index in [2.05, 4.69) is 46.7 Å². The summed E-state index contributed by atoms with van der Waals surface area (Å²) in [5, 5.41) is 0. The highest BCUT2D eigenvalue weighted by Gasteiger charge is 2.31. The first kappa shape index (κ1) is 13.8. The molecule has 1 heterocycles. The van der Waals surface area contributed by atoms with E-state index in [0.717, 1.165) is 16.2 Å². The second-order valence-electron chi connectivity index (χ2n) is 6.38. The van der Waals surface area contributed by atoms with Crippen LogP contribution in [0.2, 0.25) is 0 Å². The van der Waals surface area contributed by atoms with Crippen molar-refractivity contribution in [3.8, 4) is 0 Å². The number of hydrogen-bond acceptors (Lipinski definition) is 3. The maximum Gasteiger partial charge on any atom is 0.141 e. The minimum absolute atomic E-state index is 0.421. The molecule has 0 spiro atoms. The first-order valence-electron chi connectivity index (χ1n) is 6.66. The average Bonchev–Trinajstić information content (AvgIpc) is 2.32. The van der Waals surface area contributed by atoms with Gasteiger partial charge < -0.3 is 5.73 Å². The number of nitrogens with two attached hydrogens (primary N) is 1. The zero-order valence-corrected chi connectivity index (χ0v) is 13.0. The topological polar surface area (TPSA) is 51.8 Å². The first-order chi connectivity index (χ1) is 8.38. The highest BCUT2D eigenvalue weighted by Crippen LogP contribution is 2.42. The van der Waals surface area contributed by atoms with Crippen LogP contribution in [0.15, 0.2) is 10.7 Å². The smallest absolute Gasteiger partial charge is 0.141 e. The summed E-state index contributed by atoms with van der Waals surface area (Å²) in [4.78, 5) is 8.82. The van der Waals surface area contributed by atoms with Gasteiger partial charge in [0, 0.05) is 12.1 Å². The SMILES string of the molecule is CC(C)(C)C1CCC(c2ncc(Br)c(N)n2)CC1. The lowest BCUT2D eigenvalue weighted by molar-refractivity contribution is 0.167. The summed E-state index contributed by atoms with van der Waals surface area (Å²) < 4.78 is 0.787. The predicted molar refractivity (Wildman–Crippen MR) is 78.3 cm³/mol. The van der Waals surface area contributed by atoms with Gasteiger partial charge in [0.15, 0.2) is 0 Å². The van der Waals surface area contributed by atoms with E-state index in [1.165, 1.54) is 25.7 Å². The van der Waals surface area contributed by atoms with Crippen molar-refractivity contribution in [3.63, 3.8) is 0 Å². The molecule has 1 aromatic rings. The van der Waals surface area contributed by atoms with E-state index < -0.39 is 0 Å². The molecule has 100 valence electrons. The molecule has 1 fully saturated rings. The molecule has 0 radical (unpaired) electrons. The Hall–Kier alpha value is -0.640. The van der Waals surface area contributed by atoms with Crippen molar-refractivity contribution in [2.75, 3.05) is 5.73 Å². The van der Waals surface area contributed by atoms with Crippen LogP contribution < -0.4 is 5.73 Å². The van der Waals surface area contributed by atoms with E-state index in [1.54, 1.807) is 6.20 Å². The third-order valence-electron chi connectivity index (χ3n) is 4.11. The monoisotopic (exact) mass is 311 g/mol. The Morgan fingerprint density at radius 3 is 2.33 bits per heavy atom. The summed E-state index contributed by atoms with van der Waals surface area (Å²) in [6, 6.07) is 0. The molecule has 0 bridgehead atoms. The van der Waals surface area contributed by atoms with Crippen LogP contribution in [0.25, 0.3) is 0 Å². The number of hydrogen-bond donors (Lipinski definition) is 1. The van der Waals surface area contributed by atoms with Gasteiger partial charge in [-0.2, -0.15) is 0 Å². The van der Waals surface area contributed by atoms with Gasteiger partial charge in [-0.05, 0) is 52.9 Å². The van der Waals surface area contributed by atoms with E-state index in [0.29, 0.717) is 17.2 Å². The molecule has 4 heteroatoms. The Morgan fingerprint density at radius 1 is 1.22 bits per heavy atom. The molecule has 3 nitrogen and oxygen atoms in total. The van der Waals surface area contributed by atoms with Crippen LogP contribution in [0, 0.1) is 11.3 Å². The molecular weight excluding hydrogens is 290 g/mol. The molecule has 2 rings (SSSR count). The minimum atomic E-state index is 0.421. The number of anilines is 1. The fourth-order valence-corrected chi connectivity index (χ4v) is 3.00. The van der Waals surface area contributed by atoms with Gasteiger partial charge in [-0.3, -0.25) is 0 Å². The van der Waals surface area contributed by atoms with Crippen LogP contribution in [0.4, 0.5) is 5.82 Å². The molecule has 1 aromatic heterocycles. The third kappa shape index (κ3) is 3.02. The van der Waals surface area contributed by atoms with Crippen LogP contribution in [-0.4, -0.2) is 9.97 Å². The van der Waals surface area contributed by atoms with Crippen molar-refractivity contribution in [2.45, 2.75) is 52.4 Å². The molecule has 1 aliphatic carbocycles. The van der Waals surface area contributed by atoms with Crippen LogP contribution in [-0.2, 0) is 0 Å². The summed E-state index contributed by atoms with van der Waals surface area (Å²) in [5.74, 6) is 2.78. The summed E-state index contributed by atoms with van der Waals surface area (Å²) in [6.07, 6.45) is 6.68. The Labute approximate surface area is 118 Å². The summed E-state index contributed by atoms with van der Waals surface area (Å²) >= 11 is 3.34. The van der Waals surface area contributed by atoms with Crippen molar-refractivity contribution >= 4 is 21.7 Å². The second-order valence-corrected chi connectivity index (χ2v) is 7.23.